The van der Waals surface area contributed by atoms with E-state index in [0.29, 0.717) is 12.5 Å². The SMILES string of the molecule is CCC(=O)N1CCC(NC(=NC)NCCCCN2CCN(c3cccc(C)c3)CC2)C1.I. The number of hydrogen-bond donors (Lipinski definition) is 2. The number of nitrogens with one attached hydrogen (secondary N) is 2. The number of aliphatic imine (C=N–C) groups is 1. The smallest absolute Gasteiger partial charge is 0.222 e. The first-order valence-electron chi connectivity index (χ1n) is 11.9. The fourth-order valence-electron chi connectivity index (χ4n) is 4.44. The lowest BCUT2D eigenvalue weighted by Crippen LogP contribution is -2.47. The van der Waals surface area contributed by atoms with Gasteiger partial charge in [-0.25, -0.2) is 0 Å². The van der Waals surface area contributed by atoms with Gasteiger partial charge in [0.2, 0.25) is 5.91 Å². The van der Waals surface area contributed by atoms with E-state index in [1.165, 1.54) is 17.7 Å². The third-order valence-electron chi connectivity index (χ3n) is 6.34. The van der Waals surface area contributed by atoms with Gasteiger partial charge in [-0.05, 0) is 50.4 Å². The van der Waals surface area contributed by atoms with E-state index in [1.807, 2.05) is 18.9 Å². The highest BCUT2D eigenvalue weighted by Crippen LogP contribution is 2.18. The molecule has 0 aromatic heterocycles. The summed E-state index contributed by atoms with van der Waals surface area (Å²) in [5.41, 5.74) is 2.68. The van der Waals surface area contributed by atoms with Crippen LogP contribution in [0, 0.1) is 6.92 Å². The van der Waals surface area contributed by atoms with E-state index >= 15 is 0 Å². The molecule has 0 aliphatic carbocycles. The van der Waals surface area contributed by atoms with Gasteiger partial charge in [0.05, 0.1) is 0 Å². The number of guanidine groups is 1. The summed E-state index contributed by atoms with van der Waals surface area (Å²) < 4.78 is 0. The number of aryl methyl sites for hydroxylation is 1. The average Bonchev–Trinajstić information content (AvgIpc) is 3.26. The Morgan fingerprint density at radius 3 is 2.62 bits per heavy atom. The van der Waals surface area contributed by atoms with Crippen molar-refractivity contribution in [1.29, 1.82) is 0 Å². The molecule has 2 N–H and O–H groups in total. The van der Waals surface area contributed by atoms with Gasteiger partial charge in [0.1, 0.15) is 0 Å². The summed E-state index contributed by atoms with van der Waals surface area (Å²) in [7, 11) is 1.81. The largest absolute Gasteiger partial charge is 0.369 e. The number of amides is 1. The predicted octanol–water partition coefficient (Wildman–Crippen LogP) is 2.69. The number of carbonyl (C=O) groups is 1. The van der Waals surface area contributed by atoms with Gasteiger partial charge in [-0.15, -0.1) is 24.0 Å². The van der Waals surface area contributed by atoms with Crippen LogP contribution < -0.4 is 15.5 Å². The summed E-state index contributed by atoms with van der Waals surface area (Å²) in [4.78, 5) is 23.2. The number of piperazine rings is 1. The molecule has 2 aliphatic heterocycles. The molecular weight excluding hydrogens is 515 g/mol. The lowest BCUT2D eigenvalue weighted by Gasteiger charge is -2.36. The highest BCUT2D eigenvalue weighted by atomic mass is 127. The zero-order chi connectivity index (χ0) is 22.1. The molecule has 7 nitrogen and oxygen atoms in total. The highest BCUT2D eigenvalue weighted by Gasteiger charge is 2.25. The molecule has 1 amide bonds. The minimum Gasteiger partial charge on any atom is -0.369 e. The van der Waals surface area contributed by atoms with Crippen LogP contribution in [-0.4, -0.2) is 87.1 Å². The summed E-state index contributed by atoms with van der Waals surface area (Å²) in [6.45, 7) is 12.3. The van der Waals surface area contributed by atoms with Crippen molar-refractivity contribution in [1.82, 2.24) is 20.4 Å². The van der Waals surface area contributed by atoms with Crippen LogP contribution in [0.4, 0.5) is 5.69 Å². The third-order valence-corrected chi connectivity index (χ3v) is 6.34. The number of benzene rings is 1. The van der Waals surface area contributed by atoms with E-state index in [1.54, 1.807) is 0 Å². The van der Waals surface area contributed by atoms with Gasteiger partial charge in [0.15, 0.2) is 5.96 Å². The summed E-state index contributed by atoms with van der Waals surface area (Å²) in [6.07, 6.45) is 3.89. The monoisotopic (exact) mass is 556 g/mol. The molecule has 1 atom stereocenters. The van der Waals surface area contributed by atoms with Crippen molar-refractivity contribution in [3.63, 3.8) is 0 Å². The van der Waals surface area contributed by atoms with E-state index in [-0.39, 0.29) is 29.9 Å². The number of nitrogens with zero attached hydrogens (tertiary/aromatic N) is 4. The standard InChI is InChI=1S/C24H40N6O.HI/c1-4-23(31)30-13-10-21(19-30)27-24(25-3)26-11-5-6-12-28-14-16-29(17-15-28)22-9-7-8-20(2)18-22;/h7-9,18,21H,4-6,10-17,19H2,1-3H3,(H2,25,26,27);1H. The molecule has 1 aromatic rings. The van der Waals surface area contributed by atoms with Crippen LogP contribution in [0.25, 0.3) is 0 Å². The summed E-state index contributed by atoms with van der Waals surface area (Å²) >= 11 is 0. The predicted molar refractivity (Wildman–Crippen MR) is 144 cm³/mol. The molecule has 2 fully saturated rings. The van der Waals surface area contributed by atoms with E-state index in [2.05, 4.69) is 56.6 Å². The number of anilines is 1. The first-order chi connectivity index (χ1) is 15.1. The van der Waals surface area contributed by atoms with Gasteiger partial charge in [-0.3, -0.25) is 14.7 Å². The van der Waals surface area contributed by atoms with E-state index in [9.17, 15) is 4.79 Å². The van der Waals surface area contributed by atoms with Crippen LogP contribution in [0.1, 0.15) is 38.2 Å². The molecule has 0 radical (unpaired) electrons. The van der Waals surface area contributed by atoms with Crippen LogP contribution in [0.5, 0.6) is 0 Å². The van der Waals surface area contributed by atoms with Crippen molar-refractivity contribution in [2.75, 3.05) is 64.3 Å². The topological polar surface area (TPSA) is 63.2 Å². The number of hydrogen-bond acceptors (Lipinski definition) is 4. The van der Waals surface area contributed by atoms with Crippen LogP contribution >= 0.6 is 24.0 Å². The lowest BCUT2D eigenvalue weighted by atomic mass is 10.2. The summed E-state index contributed by atoms with van der Waals surface area (Å²) in [5.74, 6) is 1.09. The molecule has 8 heteroatoms. The average molecular weight is 557 g/mol. The van der Waals surface area contributed by atoms with Crippen molar-refractivity contribution in [2.24, 2.45) is 4.99 Å². The second-order valence-corrected chi connectivity index (χ2v) is 8.70. The van der Waals surface area contributed by atoms with E-state index in [4.69, 9.17) is 0 Å². The lowest BCUT2D eigenvalue weighted by molar-refractivity contribution is -0.129. The summed E-state index contributed by atoms with van der Waals surface area (Å²) in [6, 6.07) is 9.12. The molecule has 32 heavy (non-hydrogen) atoms. The number of likely N-dealkylation sites (tertiary alicyclic amines) is 1. The maximum absolute atomic E-state index is 11.8. The maximum Gasteiger partial charge on any atom is 0.222 e. The number of halogens is 1. The van der Waals surface area contributed by atoms with Crippen molar-refractivity contribution in [3.05, 3.63) is 29.8 Å². The van der Waals surface area contributed by atoms with Crippen LogP contribution in [0.2, 0.25) is 0 Å². The van der Waals surface area contributed by atoms with Crippen molar-refractivity contribution >= 4 is 41.5 Å². The fraction of sp³-hybridized carbons (Fsp3) is 0.667. The van der Waals surface area contributed by atoms with Crippen LogP contribution in [0.3, 0.4) is 0 Å². The second kappa shape index (κ2) is 13.9. The molecule has 3 rings (SSSR count). The Balaban J connectivity index is 0.00000363. The molecule has 0 spiro atoms. The van der Waals surface area contributed by atoms with Crippen molar-refractivity contribution in [2.45, 2.75) is 45.6 Å². The quantitative estimate of drug-likeness (QED) is 0.223. The Bertz CT molecular complexity index is 735. The molecule has 0 saturated carbocycles. The Kier molecular flexibility index (Phi) is 11.6. The fourth-order valence-corrected chi connectivity index (χ4v) is 4.44. The molecular formula is C24H41IN6O. The molecule has 1 aromatic carbocycles. The van der Waals surface area contributed by atoms with Gasteiger partial charge in [0.25, 0.3) is 0 Å². The molecule has 2 heterocycles. The number of unbranched alkanes of at least 4 members (excludes halogenated alkanes) is 1. The van der Waals surface area contributed by atoms with Crippen molar-refractivity contribution < 1.29 is 4.79 Å². The Labute approximate surface area is 211 Å². The molecule has 1 unspecified atom stereocenters. The van der Waals surface area contributed by atoms with E-state index in [0.717, 1.165) is 71.2 Å². The molecule has 180 valence electrons. The Morgan fingerprint density at radius 1 is 1.16 bits per heavy atom. The van der Waals surface area contributed by atoms with Crippen molar-refractivity contribution in [3.8, 4) is 0 Å². The van der Waals surface area contributed by atoms with Gasteiger partial charge in [0, 0.05) is 71.0 Å². The van der Waals surface area contributed by atoms with E-state index < -0.39 is 0 Å². The minimum atomic E-state index is 0. The van der Waals surface area contributed by atoms with Crippen LogP contribution in [0.15, 0.2) is 29.3 Å². The highest BCUT2D eigenvalue weighted by molar-refractivity contribution is 14.0. The molecule has 2 aliphatic rings. The third kappa shape index (κ3) is 8.10. The Morgan fingerprint density at radius 2 is 1.94 bits per heavy atom. The second-order valence-electron chi connectivity index (χ2n) is 8.70. The maximum atomic E-state index is 11.8. The first kappa shape index (κ1) is 26.7. The molecule has 0 bridgehead atoms. The van der Waals surface area contributed by atoms with Gasteiger partial charge in [-0.2, -0.15) is 0 Å². The van der Waals surface area contributed by atoms with Crippen LogP contribution in [-0.2, 0) is 4.79 Å². The first-order valence-corrected chi connectivity index (χ1v) is 11.9. The van der Waals surface area contributed by atoms with Gasteiger partial charge >= 0.3 is 0 Å². The summed E-state index contributed by atoms with van der Waals surface area (Å²) in [5, 5.41) is 6.90. The van der Waals surface area contributed by atoms with Gasteiger partial charge < -0.3 is 20.4 Å². The Hall–Kier alpha value is -1.55. The van der Waals surface area contributed by atoms with Gasteiger partial charge in [-0.1, -0.05) is 19.1 Å². The zero-order valence-electron chi connectivity index (χ0n) is 20.0. The minimum absolute atomic E-state index is 0. The zero-order valence-corrected chi connectivity index (χ0v) is 22.3. The number of rotatable bonds is 8. The molecule has 2 saturated heterocycles. The normalized spacial score (nSPS) is 19.6. The number of carbonyl (C=O) groups excluding carboxylic acids is 1.